The molecule has 1 aliphatic heterocycles. The average Bonchev–Trinajstić information content (AvgIpc) is 3.44. The maximum Gasteiger partial charge on any atom is 0.291 e. The fourth-order valence-corrected chi connectivity index (χ4v) is 3.25. The molecule has 0 saturated heterocycles. The number of hydrogen-bond acceptors (Lipinski definition) is 5. The van der Waals surface area contributed by atoms with Crippen molar-refractivity contribution in [1.29, 1.82) is 0 Å². The lowest BCUT2D eigenvalue weighted by Gasteiger charge is -2.36. The number of carbonyl (C=O) groups excluding carboxylic acids is 2. The summed E-state index contributed by atoms with van der Waals surface area (Å²) in [5, 5.41) is 2.74. The van der Waals surface area contributed by atoms with Gasteiger partial charge in [-0.3, -0.25) is 9.59 Å². The normalized spacial score (nSPS) is 12.5. The van der Waals surface area contributed by atoms with Gasteiger partial charge in [0.25, 0.3) is 11.8 Å². The largest absolute Gasteiger partial charge is 0.459 e. The minimum absolute atomic E-state index is 0.174. The van der Waals surface area contributed by atoms with E-state index in [-0.39, 0.29) is 24.4 Å². The van der Waals surface area contributed by atoms with Crippen LogP contribution in [0.25, 0.3) is 0 Å². The maximum absolute atomic E-state index is 13.2. The second kappa shape index (κ2) is 7.59. The van der Waals surface area contributed by atoms with Gasteiger partial charge in [-0.25, -0.2) is 0 Å². The van der Waals surface area contributed by atoms with Gasteiger partial charge in [-0.15, -0.1) is 0 Å². The Labute approximate surface area is 174 Å². The van der Waals surface area contributed by atoms with Crippen LogP contribution in [-0.2, 0) is 5.54 Å². The quantitative estimate of drug-likeness (QED) is 0.684. The lowest BCUT2D eigenvalue weighted by atomic mass is 9.91. The van der Waals surface area contributed by atoms with Crippen LogP contribution in [0.4, 0.5) is 5.69 Å². The molecule has 154 valence electrons. The second-order valence-corrected chi connectivity index (χ2v) is 7.50. The summed E-state index contributed by atoms with van der Waals surface area (Å²) in [5.74, 6) is 1.02. The van der Waals surface area contributed by atoms with Crippen LogP contribution in [0.3, 0.4) is 0 Å². The third-order valence-corrected chi connectivity index (χ3v) is 5.33. The number of nitrogens with one attached hydrogen (secondary N) is 1. The van der Waals surface area contributed by atoms with E-state index < -0.39 is 5.54 Å². The number of anilines is 1. The summed E-state index contributed by atoms with van der Waals surface area (Å²) >= 11 is 0. The molecule has 7 nitrogen and oxygen atoms in total. The van der Waals surface area contributed by atoms with Crippen LogP contribution in [-0.4, -0.2) is 30.6 Å². The number of amides is 2. The van der Waals surface area contributed by atoms with E-state index in [0.717, 1.165) is 5.56 Å². The zero-order chi connectivity index (χ0) is 21.3. The van der Waals surface area contributed by atoms with Crippen LogP contribution in [0.5, 0.6) is 11.5 Å². The lowest BCUT2D eigenvalue weighted by Crippen LogP contribution is -2.42. The number of benzene rings is 2. The van der Waals surface area contributed by atoms with E-state index in [1.165, 1.54) is 6.26 Å². The first-order chi connectivity index (χ1) is 14.4. The van der Waals surface area contributed by atoms with E-state index in [9.17, 15) is 9.59 Å². The number of furan rings is 1. The number of nitrogens with zero attached hydrogens (tertiary/aromatic N) is 1. The first-order valence-corrected chi connectivity index (χ1v) is 9.49. The van der Waals surface area contributed by atoms with Gasteiger partial charge in [0.2, 0.25) is 6.79 Å². The van der Waals surface area contributed by atoms with E-state index in [2.05, 4.69) is 5.32 Å². The van der Waals surface area contributed by atoms with Crippen molar-refractivity contribution in [2.75, 3.05) is 19.2 Å². The van der Waals surface area contributed by atoms with Gasteiger partial charge in [0.05, 0.1) is 11.8 Å². The van der Waals surface area contributed by atoms with Gasteiger partial charge in [0.15, 0.2) is 17.3 Å². The molecule has 0 radical (unpaired) electrons. The molecule has 1 aromatic heterocycles. The SMILES string of the molecule is CN(C(=O)c1cccc(NC(=O)c2ccco2)c1)C(C)(C)c1ccc2c(c1)OCO2. The Hall–Kier alpha value is -3.74. The van der Waals surface area contributed by atoms with E-state index in [0.29, 0.717) is 22.7 Å². The van der Waals surface area contributed by atoms with Crippen molar-refractivity contribution in [1.82, 2.24) is 4.90 Å². The Morgan fingerprint density at radius 3 is 2.57 bits per heavy atom. The Bertz CT molecular complexity index is 1090. The van der Waals surface area contributed by atoms with E-state index in [1.54, 1.807) is 48.3 Å². The Morgan fingerprint density at radius 1 is 1.00 bits per heavy atom. The molecule has 2 amide bonds. The van der Waals surface area contributed by atoms with Crippen LogP contribution >= 0.6 is 0 Å². The molecule has 3 aromatic rings. The van der Waals surface area contributed by atoms with Crippen molar-refractivity contribution < 1.29 is 23.5 Å². The molecular formula is C23H22N2O5. The molecule has 0 unspecified atom stereocenters. The van der Waals surface area contributed by atoms with Crippen molar-refractivity contribution in [3.63, 3.8) is 0 Å². The van der Waals surface area contributed by atoms with Crippen molar-refractivity contribution in [3.05, 3.63) is 77.7 Å². The van der Waals surface area contributed by atoms with Crippen LogP contribution < -0.4 is 14.8 Å². The lowest BCUT2D eigenvalue weighted by molar-refractivity contribution is 0.0621. The number of carbonyl (C=O) groups is 2. The van der Waals surface area contributed by atoms with E-state index in [4.69, 9.17) is 13.9 Å². The number of hydrogen-bond donors (Lipinski definition) is 1. The van der Waals surface area contributed by atoms with Crippen LogP contribution in [0.1, 0.15) is 40.3 Å². The van der Waals surface area contributed by atoms with E-state index in [1.807, 2.05) is 32.0 Å². The molecule has 30 heavy (non-hydrogen) atoms. The van der Waals surface area contributed by atoms with Crippen molar-refractivity contribution in [2.24, 2.45) is 0 Å². The van der Waals surface area contributed by atoms with Gasteiger partial charge in [-0.2, -0.15) is 0 Å². The first-order valence-electron chi connectivity index (χ1n) is 9.49. The Balaban J connectivity index is 1.54. The maximum atomic E-state index is 13.2. The zero-order valence-electron chi connectivity index (χ0n) is 17.0. The summed E-state index contributed by atoms with van der Waals surface area (Å²) in [6, 6.07) is 15.7. The summed E-state index contributed by atoms with van der Waals surface area (Å²) in [4.78, 5) is 27.1. The molecular weight excluding hydrogens is 384 g/mol. The molecule has 4 rings (SSSR count). The summed E-state index contributed by atoms with van der Waals surface area (Å²) in [6.07, 6.45) is 1.43. The molecule has 0 spiro atoms. The number of fused-ring (bicyclic) bond motifs is 1. The van der Waals surface area contributed by atoms with Crippen LogP contribution in [0, 0.1) is 0 Å². The third kappa shape index (κ3) is 3.61. The average molecular weight is 406 g/mol. The molecule has 1 N–H and O–H groups in total. The Kier molecular flexibility index (Phi) is 4.95. The van der Waals surface area contributed by atoms with Gasteiger partial charge < -0.3 is 24.1 Å². The van der Waals surface area contributed by atoms with Gasteiger partial charge in [0, 0.05) is 18.3 Å². The zero-order valence-corrected chi connectivity index (χ0v) is 17.0. The van der Waals surface area contributed by atoms with Gasteiger partial charge >= 0.3 is 0 Å². The third-order valence-electron chi connectivity index (χ3n) is 5.33. The standard InChI is InChI=1S/C23H22N2O5/c1-23(2,16-9-10-18-20(13-16)30-14-29-18)25(3)22(27)15-6-4-7-17(12-15)24-21(26)19-8-5-11-28-19/h4-13H,14H2,1-3H3,(H,24,26). The van der Waals surface area contributed by atoms with Gasteiger partial charge in [-0.1, -0.05) is 12.1 Å². The van der Waals surface area contributed by atoms with Crippen molar-refractivity contribution >= 4 is 17.5 Å². The highest BCUT2D eigenvalue weighted by Crippen LogP contribution is 2.37. The summed E-state index contributed by atoms with van der Waals surface area (Å²) in [6.45, 7) is 4.13. The minimum atomic E-state index is -0.606. The van der Waals surface area contributed by atoms with E-state index >= 15 is 0 Å². The van der Waals surface area contributed by atoms with Gasteiger partial charge in [0.1, 0.15) is 0 Å². The monoisotopic (exact) mass is 406 g/mol. The highest BCUT2D eigenvalue weighted by atomic mass is 16.7. The number of rotatable bonds is 5. The number of ether oxygens (including phenoxy) is 2. The predicted octanol–water partition coefficient (Wildman–Crippen LogP) is 4.27. The molecule has 7 heteroatoms. The molecule has 0 atom stereocenters. The molecule has 0 fully saturated rings. The van der Waals surface area contributed by atoms with Gasteiger partial charge in [-0.05, 0) is 61.9 Å². The molecule has 0 saturated carbocycles. The highest BCUT2D eigenvalue weighted by molar-refractivity contribution is 6.03. The van der Waals surface area contributed by atoms with Crippen LogP contribution in [0.2, 0.25) is 0 Å². The van der Waals surface area contributed by atoms with Crippen molar-refractivity contribution in [3.8, 4) is 11.5 Å². The topological polar surface area (TPSA) is 81.0 Å². The molecule has 2 heterocycles. The fraction of sp³-hybridized carbons (Fsp3) is 0.217. The summed E-state index contributed by atoms with van der Waals surface area (Å²) < 4.78 is 15.9. The highest BCUT2D eigenvalue weighted by Gasteiger charge is 2.32. The van der Waals surface area contributed by atoms with Crippen LogP contribution in [0.15, 0.2) is 65.3 Å². The molecule has 2 aromatic carbocycles. The predicted molar refractivity (Wildman–Crippen MR) is 111 cm³/mol. The summed E-state index contributed by atoms with van der Waals surface area (Å²) in [7, 11) is 1.75. The minimum Gasteiger partial charge on any atom is -0.459 e. The molecule has 0 bridgehead atoms. The first kappa shape index (κ1) is 19.6. The fourth-order valence-electron chi connectivity index (χ4n) is 3.25. The Morgan fingerprint density at radius 2 is 1.80 bits per heavy atom. The van der Waals surface area contributed by atoms with Crippen molar-refractivity contribution in [2.45, 2.75) is 19.4 Å². The molecule has 0 aliphatic carbocycles. The molecule has 1 aliphatic rings. The summed E-state index contributed by atoms with van der Waals surface area (Å²) in [5.41, 5.74) is 1.29. The smallest absolute Gasteiger partial charge is 0.291 e. The second-order valence-electron chi connectivity index (χ2n) is 7.50.